The Morgan fingerprint density at radius 1 is 1.50 bits per heavy atom. The molecule has 0 saturated carbocycles. The lowest BCUT2D eigenvalue weighted by molar-refractivity contribution is -0.105. The first-order chi connectivity index (χ1) is 9.72. The van der Waals surface area contributed by atoms with Crippen LogP contribution < -0.4 is 10.2 Å². The van der Waals surface area contributed by atoms with Gasteiger partial charge >= 0.3 is 0 Å². The van der Waals surface area contributed by atoms with Crippen LogP contribution in [0.3, 0.4) is 0 Å². The summed E-state index contributed by atoms with van der Waals surface area (Å²) in [5.74, 6) is 1.24. The zero-order valence-electron chi connectivity index (χ0n) is 11.0. The average molecular weight is 290 g/mol. The van der Waals surface area contributed by atoms with Crippen molar-refractivity contribution in [2.45, 2.75) is 19.5 Å². The highest BCUT2D eigenvalue weighted by Crippen LogP contribution is 2.31. The van der Waals surface area contributed by atoms with E-state index in [1.807, 2.05) is 5.41 Å². The van der Waals surface area contributed by atoms with E-state index in [-0.39, 0.29) is 5.12 Å². The molecule has 3 aliphatic heterocycles. The number of nitrogens with one attached hydrogen (secondary N) is 1. The summed E-state index contributed by atoms with van der Waals surface area (Å²) in [6.07, 6.45) is 0. The maximum Gasteiger partial charge on any atom is 0.250 e. The molecule has 1 saturated heterocycles. The number of carbonyl (C=O) groups excluding carboxylic acids is 1. The highest BCUT2D eigenvalue weighted by Gasteiger charge is 2.31. The van der Waals surface area contributed by atoms with Crippen LogP contribution in [0.4, 0.5) is 11.9 Å². The average Bonchev–Trinajstić information content (AvgIpc) is 3.01. The predicted molar refractivity (Wildman–Crippen MR) is 77.5 cm³/mol. The van der Waals surface area contributed by atoms with Gasteiger partial charge in [-0.2, -0.15) is 4.98 Å². The SMILES string of the molecule is CC1CNCCN1c1nc2n(n1)CC1=CSC(=O)C1=N2. The van der Waals surface area contributed by atoms with E-state index in [1.165, 1.54) is 11.8 Å². The summed E-state index contributed by atoms with van der Waals surface area (Å²) in [6, 6.07) is 0.358. The smallest absolute Gasteiger partial charge is 0.250 e. The number of rotatable bonds is 1. The fraction of sp³-hybridized carbons (Fsp3) is 0.500. The van der Waals surface area contributed by atoms with Gasteiger partial charge in [-0.1, -0.05) is 11.8 Å². The van der Waals surface area contributed by atoms with E-state index in [1.54, 1.807) is 4.68 Å². The third kappa shape index (κ3) is 1.79. The Bertz CT molecular complexity index is 648. The Morgan fingerprint density at radius 3 is 3.25 bits per heavy atom. The predicted octanol–water partition coefficient (Wildman–Crippen LogP) is 0.320. The number of allylic oxidation sites excluding steroid dienone is 1. The van der Waals surface area contributed by atoms with Crippen molar-refractivity contribution in [3.8, 4) is 0 Å². The molecule has 0 aromatic carbocycles. The Hall–Kier alpha value is -1.67. The summed E-state index contributed by atoms with van der Waals surface area (Å²) in [5.41, 5.74) is 1.48. The maximum absolute atomic E-state index is 11.7. The lowest BCUT2D eigenvalue weighted by atomic mass is 10.2. The number of aromatic nitrogens is 3. The first-order valence-electron chi connectivity index (χ1n) is 6.63. The van der Waals surface area contributed by atoms with Gasteiger partial charge in [-0.05, 0) is 12.3 Å². The minimum Gasteiger partial charge on any atom is -0.334 e. The second kappa shape index (κ2) is 4.42. The monoisotopic (exact) mass is 290 g/mol. The number of piperazine rings is 1. The molecule has 0 radical (unpaired) electrons. The van der Waals surface area contributed by atoms with Gasteiger partial charge in [-0.3, -0.25) is 4.79 Å². The highest BCUT2D eigenvalue weighted by molar-refractivity contribution is 8.18. The van der Waals surface area contributed by atoms with E-state index in [9.17, 15) is 4.79 Å². The molecule has 0 spiro atoms. The van der Waals surface area contributed by atoms with Crippen molar-refractivity contribution in [3.05, 3.63) is 11.0 Å². The molecule has 1 aromatic heterocycles. The van der Waals surface area contributed by atoms with Crippen LogP contribution in [0.5, 0.6) is 0 Å². The molecule has 3 aliphatic rings. The van der Waals surface area contributed by atoms with E-state index >= 15 is 0 Å². The number of carbonyl (C=O) groups is 1. The third-order valence-corrected chi connectivity index (χ3v) is 4.55. The molecule has 104 valence electrons. The molecule has 0 aliphatic carbocycles. The van der Waals surface area contributed by atoms with Gasteiger partial charge in [-0.15, -0.1) is 5.10 Å². The zero-order chi connectivity index (χ0) is 13.7. The van der Waals surface area contributed by atoms with Gasteiger partial charge in [0.2, 0.25) is 11.1 Å². The highest BCUT2D eigenvalue weighted by atomic mass is 32.2. The summed E-state index contributed by atoms with van der Waals surface area (Å²) in [7, 11) is 0. The molecule has 20 heavy (non-hydrogen) atoms. The van der Waals surface area contributed by atoms with Crippen molar-refractivity contribution in [2.24, 2.45) is 4.99 Å². The molecule has 1 fully saturated rings. The van der Waals surface area contributed by atoms with Crippen LogP contribution in [0.25, 0.3) is 0 Å². The van der Waals surface area contributed by atoms with Crippen LogP contribution in [0.2, 0.25) is 0 Å². The first kappa shape index (κ1) is 12.1. The molecule has 1 unspecified atom stereocenters. The van der Waals surface area contributed by atoms with Gasteiger partial charge in [0.25, 0.3) is 5.95 Å². The van der Waals surface area contributed by atoms with E-state index in [0.717, 1.165) is 25.2 Å². The quantitative estimate of drug-likeness (QED) is 0.803. The summed E-state index contributed by atoms with van der Waals surface area (Å²) >= 11 is 1.19. The molecule has 4 rings (SSSR count). The van der Waals surface area contributed by atoms with Crippen molar-refractivity contribution in [3.63, 3.8) is 0 Å². The topological polar surface area (TPSA) is 75.4 Å². The lowest BCUT2D eigenvalue weighted by Gasteiger charge is -2.32. The number of nitrogens with zero attached hydrogens (tertiary/aromatic N) is 5. The molecule has 8 heteroatoms. The van der Waals surface area contributed by atoms with Gasteiger partial charge in [0, 0.05) is 31.2 Å². The van der Waals surface area contributed by atoms with Gasteiger partial charge in [-0.25, -0.2) is 9.67 Å². The van der Waals surface area contributed by atoms with E-state index in [0.29, 0.717) is 30.2 Å². The third-order valence-electron chi connectivity index (χ3n) is 3.74. The van der Waals surface area contributed by atoms with Gasteiger partial charge < -0.3 is 10.2 Å². The molecular formula is C12H14N6OS. The number of hydrogen-bond acceptors (Lipinski definition) is 7. The minimum absolute atomic E-state index is 0.00587. The molecule has 1 N–H and O–H groups in total. The maximum atomic E-state index is 11.7. The van der Waals surface area contributed by atoms with E-state index in [4.69, 9.17) is 0 Å². The molecule has 7 nitrogen and oxygen atoms in total. The van der Waals surface area contributed by atoms with Crippen LogP contribution in [0.1, 0.15) is 6.92 Å². The molecular weight excluding hydrogens is 276 g/mol. The minimum atomic E-state index is 0.00587. The van der Waals surface area contributed by atoms with Crippen molar-refractivity contribution < 1.29 is 4.79 Å². The lowest BCUT2D eigenvalue weighted by Crippen LogP contribution is -2.50. The summed E-state index contributed by atoms with van der Waals surface area (Å²) < 4.78 is 1.78. The van der Waals surface area contributed by atoms with Crippen LogP contribution >= 0.6 is 11.8 Å². The number of fused-ring (bicyclic) bond motifs is 2. The van der Waals surface area contributed by atoms with Crippen LogP contribution in [-0.2, 0) is 11.3 Å². The van der Waals surface area contributed by atoms with Crippen LogP contribution in [0.15, 0.2) is 16.0 Å². The molecule has 0 bridgehead atoms. The summed E-state index contributed by atoms with van der Waals surface area (Å²) in [4.78, 5) is 22.7. The Morgan fingerprint density at radius 2 is 2.40 bits per heavy atom. The van der Waals surface area contributed by atoms with E-state index < -0.39 is 0 Å². The number of hydrogen-bond donors (Lipinski definition) is 1. The molecule has 1 aromatic rings. The van der Waals surface area contributed by atoms with Crippen molar-refractivity contribution >= 4 is 34.5 Å². The number of anilines is 1. The van der Waals surface area contributed by atoms with Gasteiger partial charge in [0.1, 0.15) is 5.71 Å². The zero-order valence-corrected chi connectivity index (χ0v) is 11.9. The summed E-state index contributed by atoms with van der Waals surface area (Å²) in [6.45, 7) is 5.48. The van der Waals surface area contributed by atoms with Crippen molar-refractivity contribution in [1.29, 1.82) is 0 Å². The first-order valence-corrected chi connectivity index (χ1v) is 7.51. The Labute approximate surface area is 120 Å². The fourth-order valence-corrected chi connectivity index (χ4v) is 3.35. The Balaban J connectivity index is 1.69. The molecule has 1 atom stereocenters. The number of thioether (sulfide) groups is 1. The van der Waals surface area contributed by atoms with Crippen molar-refractivity contribution in [1.82, 2.24) is 20.1 Å². The Kier molecular flexibility index (Phi) is 2.67. The van der Waals surface area contributed by atoms with Crippen molar-refractivity contribution in [2.75, 3.05) is 24.5 Å². The van der Waals surface area contributed by atoms with Gasteiger partial charge in [0.05, 0.1) is 6.54 Å². The second-order valence-electron chi connectivity index (χ2n) is 5.12. The largest absolute Gasteiger partial charge is 0.334 e. The number of aliphatic imine (C=N–C) groups is 1. The van der Waals surface area contributed by atoms with E-state index in [2.05, 4.69) is 32.2 Å². The van der Waals surface area contributed by atoms with Crippen LogP contribution in [0, 0.1) is 0 Å². The standard InChI is InChI=1S/C12H14N6OS/c1-7-4-13-2-3-17(7)12-15-11-14-9-8(5-18(11)16-12)6-20-10(9)19/h6-7,13H,2-5H2,1H3. The fourth-order valence-electron chi connectivity index (χ4n) is 2.63. The summed E-state index contributed by atoms with van der Waals surface area (Å²) in [5, 5.41) is 9.76. The molecule has 4 heterocycles. The molecule has 0 amide bonds. The second-order valence-corrected chi connectivity index (χ2v) is 5.97. The normalized spacial score (nSPS) is 25.1. The van der Waals surface area contributed by atoms with Crippen LogP contribution in [-0.4, -0.2) is 51.3 Å². The van der Waals surface area contributed by atoms with Gasteiger partial charge in [0.15, 0.2) is 0 Å².